The van der Waals surface area contributed by atoms with Crippen molar-refractivity contribution in [3.05, 3.63) is 33.2 Å². The van der Waals surface area contributed by atoms with E-state index < -0.39 is 0 Å². The zero-order valence-corrected chi connectivity index (χ0v) is 10.3. The molecule has 0 bridgehead atoms. The minimum Gasteiger partial charge on any atom is -0.315 e. The van der Waals surface area contributed by atoms with E-state index in [-0.39, 0.29) is 11.6 Å². The smallest absolute Gasteiger partial charge is 0.267 e. The molecule has 0 aliphatic carbocycles. The average molecular weight is 249 g/mol. The maximum atomic E-state index is 11.9. The first-order valence-electron chi connectivity index (χ1n) is 5.89. The van der Waals surface area contributed by atoms with Crippen LogP contribution < -0.4 is 10.9 Å². The van der Waals surface area contributed by atoms with Gasteiger partial charge >= 0.3 is 0 Å². The van der Waals surface area contributed by atoms with Gasteiger partial charge in [0.25, 0.3) is 5.56 Å². The highest BCUT2D eigenvalue weighted by molar-refractivity contribution is 7.08. The Morgan fingerprint density at radius 3 is 3.12 bits per heavy atom. The van der Waals surface area contributed by atoms with Gasteiger partial charge < -0.3 is 5.32 Å². The summed E-state index contributed by atoms with van der Waals surface area (Å²) in [5.74, 6) is 0. The third kappa shape index (κ3) is 2.08. The Bertz CT molecular complexity index is 534. The van der Waals surface area contributed by atoms with Gasteiger partial charge in [-0.1, -0.05) is 0 Å². The van der Waals surface area contributed by atoms with Gasteiger partial charge in [-0.3, -0.25) is 9.89 Å². The van der Waals surface area contributed by atoms with Crippen molar-refractivity contribution in [3.8, 4) is 11.3 Å². The topological polar surface area (TPSA) is 49.8 Å². The van der Waals surface area contributed by atoms with Crippen molar-refractivity contribution in [3.63, 3.8) is 0 Å². The van der Waals surface area contributed by atoms with Crippen molar-refractivity contribution in [1.29, 1.82) is 0 Å². The van der Waals surface area contributed by atoms with Crippen molar-refractivity contribution >= 4 is 11.3 Å². The summed E-state index contributed by atoms with van der Waals surface area (Å²) >= 11 is 1.64. The van der Waals surface area contributed by atoms with Gasteiger partial charge in [0.2, 0.25) is 0 Å². The summed E-state index contributed by atoms with van der Waals surface area (Å²) in [6.07, 6.45) is 2.19. The lowest BCUT2D eigenvalue weighted by Gasteiger charge is -2.23. The molecule has 2 aromatic heterocycles. The second kappa shape index (κ2) is 4.50. The van der Waals surface area contributed by atoms with Crippen LogP contribution in [0.5, 0.6) is 0 Å². The fourth-order valence-corrected chi connectivity index (χ4v) is 2.96. The summed E-state index contributed by atoms with van der Waals surface area (Å²) < 4.78 is 1.76. The monoisotopic (exact) mass is 249 g/mol. The van der Waals surface area contributed by atoms with Gasteiger partial charge in [0.1, 0.15) is 0 Å². The number of hydrogen-bond donors (Lipinski definition) is 2. The highest BCUT2D eigenvalue weighted by Gasteiger charge is 2.17. The van der Waals surface area contributed by atoms with Gasteiger partial charge in [-0.2, -0.15) is 11.3 Å². The van der Waals surface area contributed by atoms with Crippen molar-refractivity contribution in [1.82, 2.24) is 15.1 Å². The Balaban J connectivity index is 1.93. The van der Waals surface area contributed by atoms with E-state index in [1.807, 2.05) is 11.4 Å². The fraction of sp³-hybridized carbons (Fsp3) is 0.417. The number of rotatable bonds is 2. The molecule has 0 spiro atoms. The SMILES string of the molecule is O=c1cc(-c2ccsc2)[nH]n1C1CCCNC1. The van der Waals surface area contributed by atoms with Crippen molar-refractivity contribution < 1.29 is 0 Å². The fourth-order valence-electron chi connectivity index (χ4n) is 2.30. The van der Waals surface area contributed by atoms with Crippen LogP contribution in [0, 0.1) is 0 Å². The third-order valence-corrected chi connectivity index (χ3v) is 3.90. The maximum absolute atomic E-state index is 11.9. The van der Waals surface area contributed by atoms with Crippen LogP contribution in [0.4, 0.5) is 0 Å². The minimum atomic E-state index is 0.0694. The molecule has 0 saturated carbocycles. The van der Waals surface area contributed by atoms with E-state index in [4.69, 9.17) is 0 Å². The Morgan fingerprint density at radius 1 is 1.47 bits per heavy atom. The predicted octanol–water partition coefficient (Wildman–Crippen LogP) is 1.83. The third-order valence-electron chi connectivity index (χ3n) is 3.21. The summed E-state index contributed by atoms with van der Waals surface area (Å²) in [6.45, 7) is 1.94. The molecule has 3 heterocycles. The lowest BCUT2D eigenvalue weighted by atomic mass is 10.1. The number of thiophene rings is 1. The van der Waals surface area contributed by atoms with E-state index in [1.54, 1.807) is 22.1 Å². The summed E-state index contributed by atoms with van der Waals surface area (Å²) in [6, 6.07) is 3.99. The molecule has 5 heteroatoms. The number of aromatic amines is 1. The van der Waals surface area contributed by atoms with Gasteiger partial charge in [0.15, 0.2) is 0 Å². The molecular weight excluding hydrogens is 234 g/mol. The van der Waals surface area contributed by atoms with Crippen molar-refractivity contribution in [2.45, 2.75) is 18.9 Å². The van der Waals surface area contributed by atoms with E-state index in [2.05, 4.69) is 15.8 Å². The number of aromatic nitrogens is 2. The van der Waals surface area contributed by atoms with Crippen LogP contribution in [-0.2, 0) is 0 Å². The molecule has 17 heavy (non-hydrogen) atoms. The molecule has 1 aliphatic rings. The van der Waals surface area contributed by atoms with Crippen LogP contribution in [0.15, 0.2) is 27.7 Å². The molecule has 0 amide bonds. The Labute approximate surface area is 103 Å². The molecule has 4 nitrogen and oxygen atoms in total. The molecule has 2 aromatic rings. The molecule has 3 rings (SSSR count). The van der Waals surface area contributed by atoms with Gasteiger partial charge in [0, 0.05) is 23.6 Å². The predicted molar refractivity (Wildman–Crippen MR) is 69.5 cm³/mol. The Hall–Kier alpha value is -1.33. The van der Waals surface area contributed by atoms with Crippen LogP contribution in [0.3, 0.4) is 0 Å². The lowest BCUT2D eigenvalue weighted by Crippen LogP contribution is -2.35. The Morgan fingerprint density at radius 2 is 2.41 bits per heavy atom. The van der Waals surface area contributed by atoms with Crippen LogP contribution in [0.1, 0.15) is 18.9 Å². The first-order valence-corrected chi connectivity index (χ1v) is 6.84. The van der Waals surface area contributed by atoms with Gasteiger partial charge in [-0.25, -0.2) is 4.68 Å². The highest BCUT2D eigenvalue weighted by atomic mass is 32.1. The Kier molecular flexibility index (Phi) is 2.86. The van der Waals surface area contributed by atoms with Crippen LogP contribution in [0.25, 0.3) is 11.3 Å². The second-order valence-electron chi connectivity index (χ2n) is 4.39. The minimum absolute atomic E-state index is 0.0694. The van der Waals surface area contributed by atoms with Crippen LogP contribution in [0.2, 0.25) is 0 Å². The normalized spacial score (nSPS) is 20.6. The van der Waals surface area contributed by atoms with Gasteiger partial charge in [0.05, 0.1) is 11.7 Å². The second-order valence-corrected chi connectivity index (χ2v) is 5.17. The maximum Gasteiger partial charge on any atom is 0.267 e. The zero-order chi connectivity index (χ0) is 11.7. The summed E-state index contributed by atoms with van der Waals surface area (Å²) in [5.41, 5.74) is 2.08. The molecule has 1 saturated heterocycles. The molecule has 1 atom stereocenters. The van der Waals surface area contributed by atoms with E-state index in [0.717, 1.165) is 37.2 Å². The van der Waals surface area contributed by atoms with E-state index in [9.17, 15) is 4.79 Å². The van der Waals surface area contributed by atoms with Crippen molar-refractivity contribution in [2.75, 3.05) is 13.1 Å². The average Bonchev–Trinajstić information content (AvgIpc) is 2.99. The molecule has 1 unspecified atom stereocenters. The van der Waals surface area contributed by atoms with E-state index in [0.29, 0.717) is 0 Å². The quantitative estimate of drug-likeness (QED) is 0.853. The first-order chi connectivity index (χ1) is 8.34. The van der Waals surface area contributed by atoms with Gasteiger partial charge in [-0.05, 0) is 30.8 Å². The highest BCUT2D eigenvalue weighted by Crippen LogP contribution is 2.20. The molecule has 0 aromatic carbocycles. The lowest BCUT2D eigenvalue weighted by molar-refractivity contribution is 0.341. The summed E-state index contributed by atoms with van der Waals surface area (Å²) in [7, 11) is 0. The number of H-pyrrole nitrogens is 1. The number of nitrogens with zero attached hydrogens (tertiary/aromatic N) is 1. The van der Waals surface area contributed by atoms with Crippen molar-refractivity contribution in [2.24, 2.45) is 0 Å². The standard InChI is InChI=1S/C12H15N3OS/c16-12-6-11(9-3-5-17-8-9)14-15(12)10-2-1-4-13-7-10/h3,5-6,8,10,13-14H,1-2,4,7H2. The van der Waals surface area contributed by atoms with Crippen LogP contribution in [-0.4, -0.2) is 22.9 Å². The number of nitrogens with one attached hydrogen (secondary N) is 2. The van der Waals surface area contributed by atoms with Crippen LogP contribution >= 0.6 is 11.3 Å². The molecule has 2 N–H and O–H groups in total. The molecule has 0 radical (unpaired) electrons. The van der Waals surface area contributed by atoms with Gasteiger partial charge in [-0.15, -0.1) is 0 Å². The molecule has 90 valence electrons. The molecule has 1 fully saturated rings. The molecule has 1 aliphatic heterocycles. The summed E-state index contributed by atoms with van der Waals surface area (Å²) in [4.78, 5) is 11.9. The largest absolute Gasteiger partial charge is 0.315 e. The summed E-state index contributed by atoms with van der Waals surface area (Å²) in [5, 5.41) is 10.6. The zero-order valence-electron chi connectivity index (χ0n) is 9.48. The first kappa shape index (κ1) is 10.8. The number of hydrogen-bond acceptors (Lipinski definition) is 3. The van der Waals surface area contributed by atoms with E-state index >= 15 is 0 Å². The van der Waals surface area contributed by atoms with E-state index in [1.165, 1.54) is 0 Å². The number of piperidine rings is 1. The molecular formula is C12H15N3OS.